The van der Waals surface area contributed by atoms with Gasteiger partial charge < -0.3 is 14.2 Å². The van der Waals surface area contributed by atoms with Gasteiger partial charge in [-0.1, -0.05) is 210 Å². The third-order valence-electron chi connectivity index (χ3n) is 11.0. The Balaban J connectivity index is 4.40. The molecule has 0 aromatic heterocycles. The number of carbonyl (C=O) groups excluding carboxylic acids is 3. The van der Waals surface area contributed by atoms with Crippen LogP contribution in [0.2, 0.25) is 0 Å². The number of hydrogen-bond acceptors (Lipinski definition) is 6. The van der Waals surface area contributed by atoms with Crippen molar-refractivity contribution in [3.8, 4) is 0 Å². The summed E-state index contributed by atoms with van der Waals surface area (Å²) in [7, 11) is 0. The fourth-order valence-electron chi connectivity index (χ4n) is 7.05. The van der Waals surface area contributed by atoms with Crippen molar-refractivity contribution in [3.63, 3.8) is 0 Å². The lowest BCUT2D eigenvalue weighted by Gasteiger charge is -2.18. The highest BCUT2D eigenvalue weighted by molar-refractivity contribution is 5.71. The largest absolute Gasteiger partial charge is 0.462 e. The number of unbranched alkanes of at least 4 members (excludes halogenated alkanes) is 25. The molecule has 1 atom stereocenters. The molecule has 0 aromatic rings. The predicted molar refractivity (Wildman–Crippen MR) is 261 cm³/mol. The molecule has 0 aliphatic carbocycles. The highest BCUT2D eigenvalue weighted by atomic mass is 16.6. The van der Waals surface area contributed by atoms with Gasteiger partial charge in [-0.25, -0.2) is 0 Å². The summed E-state index contributed by atoms with van der Waals surface area (Å²) in [6.07, 6.45) is 60.6. The fourth-order valence-corrected chi connectivity index (χ4v) is 7.05. The zero-order chi connectivity index (χ0) is 44.4. The van der Waals surface area contributed by atoms with E-state index in [4.69, 9.17) is 14.2 Å². The number of hydrogen-bond donors (Lipinski definition) is 0. The first-order valence-corrected chi connectivity index (χ1v) is 25.8. The Hall–Kier alpha value is -2.89. The second-order valence-electron chi connectivity index (χ2n) is 17.1. The Labute approximate surface area is 377 Å². The molecule has 0 spiro atoms. The van der Waals surface area contributed by atoms with Crippen LogP contribution in [-0.4, -0.2) is 37.2 Å². The van der Waals surface area contributed by atoms with E-state index < -0.39 is 6.10 Å². The van der Waals surface area contributed by atoms with Crippen molar-refractivity contribution in [2.24, 2.45) is 0 Å². The zero-order valence-corrected chi connectivity index (χ0v) is 40.2. The molecule has 61 heavy (non-hydrogen) atoms. The van der Waals surface area contributed by atoms with Crippen LogP contribution in [0.5, 0.6) is 0 Å². The summed E-state index contributed by atoms with van der Waals surface area (Å²) in [5.74, 6) is -0.924. The minimum atomic E-state index is -0.787. The molecule has 0 fully saturated rings. The van der Waals surface area contributed by atoms with Crippen LogP contribution in [0, 0.1) is 0 Å². The standard InChI is InChI=1S/C55H96O6/c1-4-7-10-13-16-19-22-24-25-26-27-28-29-31-33-36-39-42-45-48-54(57)60-51-52(50-59-53(56)47-44-41-38-35-32-21-18-15-12-9-6-3)61-55(58)49-46-43-40-37-34-30-23-20-17-14-11-8-5-2/h15-16,18-19,24-25,27-28,31,33,52H,4-14,17,20-23,26,29-30,32,34-51H2,1-3H3/b18-15-,19-16-,25-24-,28-27-,33-31-/t52-/m1/s1. The summed E-state index contributed by atoms with van der Waals surface area (Å²) >= 11 is 0. The van der Waals surface area contributed by atoms with Crippen LogP contribution >= 0.6 is 0 Å². The Kier molecular flexibility index (Phi) is 47.4. The van der Waals surface area contributed by atoms with Gasteiger partial charge in [0, 0.05) is 19.3 Å². The molecule has 0 amide bonds. The van der Waals surface area contributed by atoms with Gasteiger partial charge >= 0.3 is 17.9 Å². The van der Waals surface area contributed by atoms with Crippen LogP contribution < -0.4 is 0 Å². The van der Waals surface area contributed by atoms with Gasteiger partial charge in [-0.2, -0.15) is 0 Å². The molecule has 6 nitrogen and oxygen atoms in total. The Morgan fingerprint density at radius 2 is 0.607 bits per heavy atom. The Morgan fingerprint density at radius 3 is 1.03 bits per heavy atom. The SMILES string of the molecule is CCCC/C=C\CCCCCCCC(=O)OC[C@H](COC(=O)CCCCC/C=C\C/C=C\C/C=C\C/C=C\CCCCC)OC(=O)CCCCCCCCCCCCCCC. The van der Waals surface area contributed by atoms with Crippen molar-refractivity contribution in [2.45, 2.75) is 258 Å². The van der Waals surface area contributed by atoms with Crippen molar-refractivity contribution >= 4 is 17.9 Å². The van der Waals surface area contributed by atoms with Crippen molar-refractivity contribution in [1.29, 1.82) is 0 Å². The highest BCUT2D eigenvalue weighted by Crippen LogP contribution is 2.15. The van der Waals surface area contributed by atoms with Gasteiger partial charge in [-0.15, -0.1) is 0 Å². The van der Waals surface area contributed by atoms with Crippen molar-refractivity contribution in [3.05, 3.63) is 60.8 Å². The van der Waals surface area contributed by atoms with Gasteiger partial charge in [-0.05, 0) is 83.5 Å². The van der Waals surface area contributed by atoms with E-state index in [9.17, 15) is 14.4 Å². The minimum Gasteiger partial charge on any atom is -0.462 e. The molecule has 0 aliphatic heterocycles. The fraction of sp³-hybridized carbons (Fsp3) is 0.764. The number of rotatable bonds is 46. The van der Waals surface area contributed by atoms with E-state index >= 15 is 0 Å². The maximum atomic E-state index is 12.8. The lowest BCUT2D eigenvalue weighted by molar-refractivity contribution is -0.167. The first-order valence-electron chi connectivity index (χ1n) is 25.8. The van der Waals surface area contributed by atoms with Gasteiger partial charge in [0.1, 0.15) is 13.2 Å². The molecular weight excluding hydrogens is 757 g/mol. The van der Waals surface area contributed by atoms with E-state index in [-0.39, 0.29) is 31.1 Å². The third kappa shape index (κ3) is 48.0. The predicted octanol–water partition coefficient (Wildman–Crippen LogP) is 16.9. The van der Waals surface area contributed by atoms with Gasteiger partial charge in [-0.3, -0.25) is 14.4 Å². The maximum absolute atomic E-state index is 12.8. The summed E-state index contributed by atoms with van der Waals surface area (Å²) < 4.78 is 16.7. The average molecular weight is 853 g/mol. The molecule has 0 heterocycles. The summed E-state index contributed by atoms with van der Waals surface area (Å²) in [4.78, 5) is 37.9. The van der Waals surface area contributed by atoms with Crippen molar-refractivity contribution in [2.75, 3.05) is 13.2 Å². The second-order valence-corrected chi connectivity index (χ2v) is 17.1. The number of allylic oxidation sites excluding steroid dienone is 10. The topological polar surface area (TPSA) is 78.9 Å². The van der Waals surface area contributed by atoms with E-state index in [1.165, 1.54) is 122 Å². The molecular formula is C55H96O6. The monoisotopic (exact) mass is 853 g/mol. The Bertz CT molecular complexity index is 1120. The van der Waals surface area contributed by atoms with Crippen LogP contribution in [0.4, 0.5) is 0 Å². The Morgan fingerprint density at radius 1 is 0.328 bits per heavy atom. The molecule has 0 aromatic carbocycles. The zero-order valence-electron chi connectivity index (χ0n) is 40.2. The molecule has 352 valence electrons. The summed E-state index contributed by atoms with van der Waals surface area (Å²) in [5, 5.41) is 0. The minimum absolute atomic E-state index is 0.0874. The normalized spacial score (nSPS) is 12.5. The lowest BCUT2D eigenvalue weighted by Crippen LogP contribution is -2.30. The van der Waals surface area contributed by atoms with Crippen LogP contribution in [0.15, 0.2) is 60.8 Å². The first kappa shape index (κ1) is 58.1. The molecule has 0 radical (unpaired) electrons. The number of carbonyl (C=O) groups is 3. The second kappa shape index (κ2) is 49.8. The van der Waals surface area contributed by atoms with E-state index in [1.807, 2.05) is 0 Å². The van der Waals surface area contributed by atoms with Gasteiger partial charge in [0.25, 0.3) is 0 Å². The molecule has 0 bridgehead atoms. The molecule has 0 saturated heterocycles. The molecule has 0 rings (SSSR count). The van der Waals surface area contributed by atoms with E-state index in [1.54, 1.807) is 0 Å². The molecule has 6 heteroatoms. The maximum Gasteiger partial charge on any atom is 0.306 e. The number of ether oxygens (including phenoxy) is 3. The van der Waals surface area contributed by atoms with Crippen molar-refractivity contribution in [1.82, 2.24) is 0 Å². The smallest absolute Gasteiger partial charge is 0.306 e. The molecule has 0 aliphatic rings. The highest BCUT2D eigenvalue weighted by Gasteiger charge is 2.19. The third-order valence-corrected chi connectivity index (χ3v) is 11.0. The summed E-state index contributed by atoms with van der Waals surface area (Å²) in [5.41, 5.74) is 0. The lowest BCUT2D eigenvalue weighted by atomic mass is 10.0. The van der Waals surface area contributed by atoms with Crippen LogP contribution in [0.1, 0.15) is 252 Å². The quantitative estimate of drug-likeness (QED) is 0.0263. The molecule has 0 unspecified atom stereocenters. The number of esters is 3. The molecule has 0 N–H and O–H groups in total. The van der Waals surface area contributed by atoms with Crippen LogP contribution in [-0.2, 0) is 28.6 Å². The molecule has 0 saturated carbocycles. The summed E-state index contributed by atoms with van der Waals surface area (Å²) in [6.45, 7) is 6.54. The van der Waals surface area contributed by atoms with Gasteiger partial charge in [0.2, 0.25) is 0 Å². The van der Waals surface area contributed by atoms with E-state index in [2.05, 4.69) is 81.5 Å². The van der Waals surface area contributed by atoms with E-state index in [0.29, 0.717) is 19.3 Å². The first-order chi connectivity index (χ1) is 30.0. The average Bonchev–Trinajstić information content (AvgIpc) is 3.26. The van der Waals surface area contributed by atoms with E-state index in [0.717, 1.165) is 89.9 Å². The van der Waals surface area contributed by atoms with Gasteiger partial charge in [0.05, 0.1) is 0 Å². The van der Waals surface area contributed by atoms with Crippen molar-refractivity contribution < 1.29 is 28.6 Å². The van der Waals surface area contributed by atoms with Crippen LogP contribution in [0.3, 0.4) is 0 Å². The van der Waals surface area contributed by atoms with Crippen LogP contribution in [0.25, 0.3) is 0 Å². The summed E-state index contributed by atoms with van der Waals surface area (Å²) in [6, 6.07) is 0. The van der Waals surface area contributed by atoms with Gasteiger partial charge in [0.15, 0.2) is 6.10 Å².